The first-order chi connectivity index (χ1) is 16.3. The van der Waals surface area contributed by atoms with Gasteiger partial charge in [0.25, 0.3) is 15.9 Å². The number of sulfonamides is 1. The molecule has 4 aromatic rings. The number of nitrogens with zero attached hydrogens (tertiary/aromatic N) is 4. The second kappa shape index (κ2) is 9.86. The Morgan fingerprint density at radius 1 is 1.06 bits per heavy atom. The van der Waals surface area contributed by atoms with Crippen molar-refractivity contribution in [2.24, 2.45) is 0 Å². The monoisotopic (exact) mass is 498 g/mol. The van der Waals surface area contributed by atoms with Crippen LogP contribution in [0.1, 0.15) is 12.7 Å². The molecule has 2 aromatic carbocycles. The fourth-order valence-electron chi connectivity index (χ4n) is 3.59. The maximum Gasteiger partial charge on any atom is 0.273 e. The second-order valence-electron chi connectivity index (χ2n) is 7.70. The summed E-state index contributed by atoms with van der Waals surface area (Å²) >= 11 is 1.17. The van der Waals surface area contributed by atoms with E-state index in [9.17, 15) is 13.2 Å². The molecule has 0 radical (unpaired) electrons. The molecular weight excluding hydrogens is 472 g/mol. The molecule has 0 bridgehead atoms. The number of thiophene rings is 1. The molecule has 8 nitrogen and oxygen atoms in total. The lowest BCUT2D eigenvalue weighted by Crippen LogP contribution is -2.32. The number of anilines is 1. The topological polar surface area (TPSA) is 84.7 Å². The summed E-state index contributed by atoms with van der Waals surface area (Å²) < 4.78 is 34.6. The maximum absolute atomic E-state index is 12.7. The quantitative estimate of drug-likeness (QED) is 0.349. The number of imidazole rings is 1. The van der Waals surface area contributed by atoms with Crippen LogP contribution < -0.4 is 9.04 Å². The first kappa shape index (κ1) is 23.8. The molecule has 2 aromatic heterocycles. The van der Waals surface area contributed by atoms with Gasteiger partial charge in [-0.2, -0.15) is 0 Å². The van der Waals surface area contributed by atoms with Crippen molar-refractivity contribution in [3.8, 4) is 5.75 Å². The minimum atomic E-state index is -3.60. The Bertz CT molecular complexity index is 1380. The third-order valence-corrected chi connectivity index (χ3v) is 8.69. The number of carbonyl (C=O) groups is 1. The molecule has 0 fully saturated rings. The lowest BCUT2D eigenvalue weighted by Gasteiger charge is -2.19. The van der Waals surface area contributed by atoms with Gasteiger partial charge in [-0.3, -0.25) is 9.10 Å². The van der Waals surface area contributed by atoms with Crippen molar-refractivity contribution in [1.82, 2.24) is 14.5 Å². The highest BCUT2D eigenvalue weighted by Gasteiger charge is 2.22. The molecule has 0 N–H and O–H groups in total. The van der Waals surface area contributed by atoms with Gasteiger partial charge in [-0.1, -0.05) is 18.2 Å². The number of rotatable bonds is 9. The van der Waals surface area contributed by atoms with Crippen LogP contribution in [-0.2, 0) is 27.9 Å². The van der Waals surface area contributed by atoms with Gasteiger partial charge in [0, 0.05) is 20.6 Å². The molecule has 0 atom stereocenters. The molecule has 34 heavy (non-hydrogen) atoms. The number of para-hydroxylation sites is 2. The number of likely N-dealkylation sites (N-methyl/N-ethyl adjacent to an activating group) is 1. The van der Waals surface area contributed by atoms with Crippen LogP contribution in [0, 0.1) is 0 Å². The molecule has 0 saturated carbocycles. The number of aromatic nitrogens is 2. The van der Waals surface area contributed by atoms with Crippen LogP contribution in [0.15, 0.2) is 70.3 Å². The van der Waals surface area contributed by atoms with E-state index >= 15 is 0 Å². The minimum absolute atomic E-state index is 0.133. The summed E-state index contributed by atoms with van der Waals surface area (Å²) in [6.07, 6.45) is 0. The van der Waals surface area contributed by atoms with E-state index in [4.69, 9.17) is 4.74 Å². The lowest BCUT2D eigenvalue weighted by molar-refractivity contribution is -0.132. The largest absolute Gasteiger partial charge is 0.484 e. The molecule has 0 aliphatic rings. The number of hydrogen-bond donors (Lipinski definition) is 0. The zero-order valence-electron chi connectivity index (χ0n) is 19.2. The Labute approximate surface area is 203 Å². The maximum atomic E-state index is 12.7. The average molecular weight is 499 g/mol. The number of amides is 1. The third-order valence-electron chi connectivity index (χ3n) is 5.53. The first-order valence-electron chi connectivity index (χ1n) is 10.7. The van der Waals surface area contributed by atoms with E-state index in [1.165, 1.54) is 22.7 Å². The van der Waals surface area contributed by atoms with Crippen molar-refractivity contribution >= 4 is 44.0 Å². The SMILES string of the molecule is CCn1c(CN(C)C(=O)COc2ccc(N(C)S(=O)(=O)c3cccs3)cc2)nc2ccccc21. The summed E-state index contributed by atoms with van der Waals surface area (Å²) in [6.45, 7) is 3.05. The smallest absolute Gasteiger partial charge is 0.273 e. The fraction of sp³-hybridized carbons (Fsp3) is 0.250. The molecule has 0 saturated heterocycles. The summed E-state index contributed by atoms with van der Waals surface area (Å²) in [4.78, 5) is 18.9. The highest BCUT2D eigenvalue weighted by atomic mass is 32.2. The summed E-state index contributed by atoms with van der Waals surface area (Å²) in [7, 11) is -0.374. The van der Waals surface area contributed by atoms with E-state index in [1.807, 2.05) is 24.3 Å². The molecular formula is C24H26N4O4S2. The number of ether oxygens (including phenoxy) is 1. The first-order valence-corrected chi connectivity index (χ1v) is 13.1. The number of aryl methyl sites for hydroxylation is 1. The third kappa shape index (κ3) is 4.78. The van der Waals surface area contributed by atoms with Gasteiger partial charge in [0.2, 0.25) is 0 Å². The van der Waals surface area contributed by atoms with Crippen LogP contribution in [0.5, 0.6) is 5.75 Å². The van der Waals surface area contributed by atoms with Gasteiger partial charge in [-0.25, -0.2) is 13.4 Å². The van der Waals surface area contributed by atoms with E-state index in [0.717, 1.165) is 23.4 Å². The zero-order valence-corrected chi connectivity index (χ0v) is 20.8. The van der Waals surface area contributed by atoms with E-state index < -0.39 is 10.0 Å². The van der Waals surface area contributed by atoms with E-state index in [0.29, 0.717) is 18.0 Å². The van der Waals surface area contributed by atoms with E-state index in [2.05, 4.69) is 16.5 Å². The van der Waals surface area contributed by atoms with Crippen molar-refractivity contribution < 1.29 is 17.9 Å². The summed E-state index contributed by atoms with van der Waals surface area (Å²) in [5.41, 5.74) is 2.45. The minimum Gasteiger partial charge on any atom is -0.484 e. The van der Waals surface area contributed by atoms with Crippen LogP contribution in [0.25, 0.3) is 11.0 Å². The van der Waals surface area contributed by atoms with Gasteiger partial charge in [0.1, 0.15) is 15.8 Å². The Morgan fingerprint density at radius 3 is 2.47 bits per heavy atom. The van der Waals surface area contributed by atoms with Crippen molar-refractivity contribution in [3.05, 3.63) is 71.9 Å². The molecule has 0 spiro atoms. The van der Waals surface area contributed by atoms with Gasteiger partial charge < -0.3 is 14.2 Å². The highest BCUT2D eigenvalue weighted by molar-refractivity contribution is 7.94. The van der Waals surface area contributed by atoms with Gasteiger partial charge in [0.15, 0.2) is 6.61 Å². The van der Waals surface area contributed by atoms with Crippen molar-refractivity contribution in [2.45, 2.75) is 24.2 Å². The standard InChI is InChI=1S/C24H26N4O4S2/c1-4-28-21-9-6-5-8-20(21)25-22(28)16-26(2)23(29)17-32-19-13-11-18(12-14-19)27(3)34(30,31)24-10-7-15-33-24/h5-15H,4,16-17H2,1-3H3. The second-order valence-corrected chi connectivity index (χ2v) is 10.8. The molecule has 10 heteroatoms. The summed E-state index contributed by atoms with van der Waals surface area (Å²) in [5.74, 6) is 1.11. The number of benzene rings is 2. The van der Waals surface area contributed by atoms with Gasteiger partial charge in [-0.05, 0) is 54.8 Å². The highest BCUT2D eigenvalue weighted by Crippen LogP contribution is 2.26. The molecule has 0 unspecified atom stereocenters. The molecule has 178 valence electrons. The Morgan fingerprint density at radius 2 is 1.79 bits per heavy atom. The van der Waals surface area contributed by atoms with Crippen molar-refractivity contribution in [1.29, 1.82) is 0 Å². The molecule has 0 aliphatic carbocycles. The van der Waals surface area contributed by atoms with Gasteiger partial charge in [-0.15, -0.1) is 11.3 Å². The Balaban J connectivity index is 1.37. The van der Waals surface area contributed by atoms with Crippen LogP contribution >= 0.6 is 11.3 Å². The Kier molecular flexibility index (Phi) is 6.90. The zero-order chi connectivity index (χ0) is 24.3. The number of hydrogen-bond acceptors (Lipinski definition) is 6. The van der Waals surface area contributed by atoms with Crippen LogP contribution in [0.2, 0.25) is 0 Å². The molecule has 0 aliphatic heterocycles. The summed E-state index contributed by atoms with van der Waals surface area (Å²) in [5, 5.41) is 1.73. The molecule has 2 heterocycles. The predicted molar refractivity (Wildman–Crippen MR) is 134 cm³/mol. The average Bonchev–Trinajstić information content (AvgIpc) is 3.50. The van der Waals surface area contributed by atoms with Crippen molar-refractivity contribution in [2.75, 3.05) is 25.0 Å². The lowest BCUT2D eigenvalue weighted by atomic mass is 10.3. The summed E-state index contributed by atoms with van der Waals surface area (Å²) in [6, 6.07) is 17.8. The fourth-order valence-corrected chi connectivity index (χ4v) is 5.95. The van der Waals surface area contributed by atoms with Gasteiger partial charge >= 0.3 is 0 Å². The van der Waals surface area contributed by atoms with E-state index in [-0.39, 0.29) is 16.7 Å². The van der Waals surface area contributed by atoms with Gasteiger partial charge in [0.05, 0.1) is 23.3 Å². The van der Waals surface area contributed by atoms with Crippen LogP contribution in [-0.4, -0.2) is 49.5 Å². The number of fused-ring (bicyclic) bond motifs is 1. The predicted octanol–water partition coefficient (Wildman–Crippen LogP) is 3.98. The van der Waals surface area contributed by atoms with Crippen LogP contribution in [0.3, 0.4) is 0 Å². The Hall–Kier alpha value is -3.37. The van der Waals surface area contributed by atoms with Crippen molar-refractivity contribution in [3.63, 3.8) is 0 Å². The molecule has 4 rings (SSSR count). The van der Waals surface area contributed by atoms with Crippen LogP contribution in [0.4, 0.5) is 5.69 Å². The normalized spacial score (nSPS) is 11.5. The number of carbonyl (C=O) groups excluding carboxylic acids is 1. The molecule has 1 amide bonds. The van der Waals surface area contributed by atoms with E-state index in [1.54, 1.807) is 53.7 Å².